The molecule has 0 spiro atoms. The van der Waals surface area contributed by atoms with Crippen molar-refractivity contribution in [1.29, 1.82) is 0 Å². The van der Waals surface area contributed by atoms with Crippen LogP contribution in [0, 0.1) is 11.6 Å². The van der Waals surface area contributed by atoms with E-state index in [-0.39, 0.29) is 18.2 Å². The van der Waals surface area contributed by atoms with Crippen LogP contribution in [0.25, 0.3) is 0 Å². The molecule has 0 N–H and O–H groups in total. The van der Waals surface area contributed by atoms with E-state index in [9.17, 15) is 18.4 Å². The molecule has 8 heteroatoms. The highest BCUT2D eigenvalue weighted by Crippen LogP contribution is 2.35. The first-order valence-electron chi connectivity index (χ1n) is 9.63. The zero-order valence-electron chi connectivity index (χ0n) is 16.7. The van der Waals surface area contributed by atoms with Crippen LogP contribution in [0.4, 0.5) is 8.78 Å². The molecule has 3 aromatic rings. The van der Waals surface area contributed by atoms with Crippen LogP contribution < -0.4 is 0 Å². The monoisotopic (exact) mass is 439 g/mol. The van der Waals surface area contributed by atoms with E-state index in [1.54, 1.807) is 24.3 Å². The number of hydrogen-bond donors (Lipinski definition) is 0. The first-order valence-corrected chi connectivity index (χ1v) is 10.5. The van der Waals surface area contributed by atoms with Gasteiger partial charge in [0.25, 0.3) is 11.8 Å². The van der Waals surface area contributed by atoms with Crippen LogP contribution in [0.5, 0.6) is 0 Å². The fourth-order valence-corrected chi connectivity index (χ4v) is 4.30. The minimum Gasteiger partial charge on any atom is -0.332 e. The topological polar surface area (TPSA) is 53.0 Å². The Kier molecular flexibility index (Phi) is 5.90. The number of nitrogens with zero attached hydrogens (tertiary/aromatic N) is 3. The number of halogens is 2. The van der Waals surface area contributed by atoms with E-state index in [4.69, 9.17) is 0 Å². The summed E-state index contributed by atoms with van der Waals surface area (Å²) in [6.45, 7) is -0.289. The maximum atomic E-state index is 14.3. The van der Waals surface area contributed by atoms with Gasteiger partial charge in [-0.2, -0.15) is 5.10 Å². The van der Waals surface area contributed by atoms with E-state index in [2.05, 4.69) is 5.10 Å². The van der Waals surface area contributed by atoms with Gasteiger partial charge in [0.15, 0.2) is 0 Å². The fourth-order valence-electron chi connectivity index (χ4n) is 3.49. The van der Waals surface area contributed by atoms with Crippen molar-refractivity contribution in [2.75, 3.05) is 13.6 Å². The number of amides is 2. The number of carbonyl (C=O) groups is 2. The average molecular weight is 439 g/mol. The van der Waals surface area contributed by atoms with Gasteiger partial charge in [-0.05, 0) is 29.6 Å². The molecule has 5 nitrogen and oxygen atoms in total. The van der Waals surface area contributed by atoms with Crippen LogP contribution in [-0.4, -0.2) is 41.0 Å². The number of likely N-dealkylation sites (N-methyl/N-ethyl adjacent to an activating group) is 1. The highest BCUT2D eigenvalue weighted by molar-refractivity contribution is 7.10. The second kappa shape index (κ2) is 8.77. The molecule has 0 saturated heterocycles. The molecule has 0 unspecified atom stereocenters. The molecule has 2 heterocycles. The third kappa shape index (κ3) is 4.25. The van der Waals surface area contributed by atoms with E-state index in [0.29, 0.717) is 17.7 Å². The zero-order valence-corrected chi connectivity index (χ0v) is 17.5. The Morgan fingerprint density at radius 1 is 1.06 bits per heavy atom. The molecule has 1 aliphatic heterocycles. The van der Waals surface area contributed by atoms with Gasteiger partial charge >= 0.3 is 0 Å². The summed E-state index contributed by atoms with van der Waals surface area (Å²) in [6.07, 6.45) is 0.359. The first kappa shape index (κ1) is 20.9. The normalized spacial score (nSPS) is 15.6. The number of carbonyl (C=O) groups excluding carboxylic acids is 2. The van der Waals surface area contributed by atoms with Crippen LogP contribution in [0.3, 0.4) is 0 Å². The van der Waals surface area contributed by atoms with Crippen molar-refractivity contribution >= 4 is 28.9 Å². The molecule has 0 fully saturated rings. The van der Waals surface area contributed by atoms with Crippen molar-refractivity contribution in [1.82, 2.24) is 9.91 Å². The second-order valence-corrected chi connectivity index (χ2v) is 8.12. The lowest BCUT2D eigenvalue weighted by Gasteiger charge is -2.24. The number of benzene rings is 2. The summed E-state index contributed by atoms with van der Waals surface area (Å²) in [4.78, 5) is 27.7. The standard InChI is InChI=1S/C23H19F2N3O2S/c1-27(23(30)16-8-3-5-10-18(16)25)14-22(29)28-20(21-11-6-12-31-21)13-19(26-28)15-7-2-4-9-17(15)24/h2-12,20H,13-14H2,1H3/t20-/m1/s1. The van der Waals surface area contributed by atoms with Crippen molar-refractivity contribution in [2.45, 2.75) is 12.5 Å². The van der Waals surface area contributed by atoms with Crippen molar-refractivity contribution in [3.05, 3.63) is 93.7 Å². The number of thiophene rings is 1. The molecule has 158 valence electrons. The summed E-state index contributed by atoms with van der Waals surface area (Å²) in [6, 6.07) is 15.3. The molecule has 4 rings (SSSR count). The van der Waals surface area contributed by atoms with Crippen molar-refractivity contribution in [3.63, 3.8) is 0 Å². The molecule has 2 amide bonds. The van der Waals surface area contributed by atoms with Crippen molar-refractivity contribution in [2.24, 2.45) is 5.10 Å². The van der Waals surface area contributed by atoms with Crippen LogP contribution in [0.1, 0.15) is 33.3 Å². The van der Waals surface area contributed by atoms with E-state index < -0.39 is 23.4 Å². The summed E-state index contributed by atoms with van der Waals surface area (Å²) in [7, 11) is 1.43. The van der Waals surface area contributed by atoms with Gasteiger partial charge in [-0.15, -0.1) is 11.3 Å². The third-order valence-electron chi connectivity index (χ3n) is 5.05. The summed E-state index contributed by atoms with van der Waals surface area (Å²) in [5, 5.41) is 7.61. The van der Waals surface area contributed by atoms with Gasteiger partial charge in [0, 0.05) is 23.9 Å². The molecule has 1 aromatic heterocycles. The Labute approximate surface area is 182 Å². The quantitative estimate of drug-likeness (QED) is 0.589. The third-order valence-corrected chi connectivity index (χ3v) is 6.02. The largest absolute Gasteiger partial charge is 0.332 e. The Hall–Kier alpha value is -3.39. The van der Waals surface area contributed by atoms with E-state index >= 15 is 0 Å². The highest BCUT2D eigenvalue weighted by Gasteiger charge is 2.35. The SMILES string of the molecule is CN(CC(=O)N1N=C(c2ccccc2F)C[C@@H]1c1cccs1)C(=O)c1ccccc1F. The number of rotatable bonds is 5. The molecule has 1 atom stereocenters. The molecule has 0 aliphatic carbocycles. The Balaban J connectivity index is 1.58. The van der Waals surface area contributed by atoms with Gasteiger partial charge in [-0.1, -0.05) is 36.4 Å². The summed E-state index contributed by atoms with van der Waals surface area (Å²) >= 11 is 1.48. The maximum Gasteiger partial charge on any atom is 0.262 e. The molecule has 0 saturated carbocycles. The summed E-state index contributed by atoms with van der Waals surface area (Å²) < 4.78 is 28.3. The van der Waals surface area contributed by atoms with Crippen LogP contribution in [0.15, 0.2) is 71.1 Å². The van der Waals surface area contributed by atoms with Crippen molar-refractivity contribution < 1.29 is 18.4 Å². The van der Waals surface area contributed by atoms with E-state index in [0.717, 1.165) is 9.78 Å². The van der Waals surface area contributed by atoms with Crippen LogP contribution in [0.2, 0.25) is 0 Å². The zero-order chi connectivity index (χ0) is 22.0. The minimum absolute atomic E-state index is 0.107. The van der Waals surface area contributed by atoms with E-state index in [1.807, 2.05) is 17.5 Å². The molecular weight excluding hydrogens is 420 g/mol. The molecular formula is C23H19F2N3O2S. The lowest BCUT2D eigenvalue weighted by atomic mass is 10.0. The smallest absolute Gasteiger partial charge is 0.262 e. The lowest BCUT2D eigenvalue weighted by molar-refractivity contribution is -0.133. The van der Waals surface area contributed by atoms with Crippen molar-refractivity contribution in [3.8, 4) is 0 Å². The van der Waals surface area contributed by atoms with Gasteiger partial charge in [0.1, 0.15) is 18.2 Å². The second-order valence-electron chi connectivity index (χ2n) is 7.14. The highest BCUT2D eigenvalue weighted by atomic mass is 32.1. The lowest BCUT2D eigenvalue weighted by Crippen LogP contribution is -2.39. The Bertz CT molecular complexity index is 1150. The number of hydrogen-bond acceptors (Lipinski definition) is 4. The number of hydrazone groups is 1. The first-order chi connectivity index (χ1) is 15.0. The van der Waals surface area contributed by atoms with Crippen LogP contribution >= 0.6 is 11.3 Å². The van der Waals surface area contributed by atoms with Gasteiger partial charge in [0.2, 0.25) is 0 Å². The van der Waals surface area contributed by atoms with Gasteiger partial charge < -0.3 is 4.90 Å². The van der Waals surface area contributed by atoms with Gasteiger partial charge in [-0.25, -0.2) is 13.8 Å². The molecule has 2 aromatic carbocycles. The van der Waals surface area contributed by atoms with Crippen LogP contribution in [-0.2, 0) is 4.79 Å². The predicted octanol–water partition coefficient (Wildman–Crippen LogP) is 4.48. The van der Waals surface area contributed by atoms with E-state index in [1.165, 1.54) is 47.7 Å². The summed E-state index contributed by atoms with van der Waals surface area (Å²) in [5.41, 5.74) is 0.702. The summed E-state index contributed by atoms with van der Waals surface area (Å²) in [5.74, 6) is -2.09. The maximum absolute atomic E-state index is 14.3. The minimum atomic E-state index is -0.649. The molecule has 0 bridgehead atoms. The average Bonchev–Trinajstić information content (AvgIpc) is 3.44. The van der Waals surface area contributed by atoms with Gasteiger partial charge in [-0.3, -0.25) is 9.59 Å². The van der Waals surface area contributed by atoms with Gasteiger partial charge in [0.05, 0.1) is 17.3 Å². The molecule has 31 heavy (non-hydrogen) atoms. The molecule has 0 radical (unpaired) electrons. The fraction of sp³-hybridized carbons (Fsp3) is 0.174. The Morgan fingerprint density at radius 3 is 2.45 bits per heavy atom. The predicted molar refractivity (Wildman–Crippen MR) is 115 cm³/mol. The Morgan fingerprint density at radius 2 is 1.77 bits per heavy atom. The molecule has 1 aliphatic rings.